The second kappa shape index (κ2) is 6.15. The van der Waals surface area contributed by atoms with Crippen LogP contribution in [0.15, 0.2) is 28.8 Å². The molecule has 7 heteroatoms. The maximum absolute atomic E-state index is 11.2. The van der Waals surface area contributed by atoms with Crippen molar-refractivity contribution in [3.8, 4) is 0 Å². The summed E-state index contributed by atoms with van der Waals surface area (Å²) in [5.74, 6) is 1.34. The van der Waals surface area contributed by atoms with Gasteiger partial charge >= 0.3 is 0 Å². The van der Waals surface area contributed by atoms with Gasteiger partial charge in [0.2, 0.25) is 11.8 Å². The quantitative estimate of drug-likeness (QED) is 0.755. The van der Waals surface area contributed by atoms with Gasteiger partial charge in [0.15, 0.2) is 5.82 Å². The molecule has 0 spiro atoms. The van der Waals surface area contributed by atoms with Crippen LogP contribution in [0.1, 0.15) is 43.4 Å². The smallest absolute Gasteiger partial charge is 0.250 e. The van der Waals surface area contributed by atoms with Gasteiger partial charge in [-0.25, -0.2) is 0 Å². The first-order valence-electron chi connectivity index (χ1n) is 7.26. The molecule has 1 aromatic carbocycles. The van der Waals surface area contributed by atoms with Crippen LogP contribution in [0.25, 0.3) is 0 Å². The van der Waals surface area contributed by atoms with Gasteiger partial charge < -0.3 is 20.3 Å². The lowest BCUT2D eigenvalue weighted by Gasteiger charge is -2.12. The Labute approximate surface area is 127 Å². The minimum Gasteiger partial charge on any atom is -0.387 e. The Morgan fingerprint density at radius 3 is 2.95 bits per heavy atom. The van der Waals surface area contributed by atoms with Gasteiger partial charge in [0, 0.05) is 17.3 Å². The first-order valence-corrected chi connectivity index (χ1v) is 7.26. The number of carbonyl (C=O) groups excluding carboxylic acids is 1. The number of anilines is 2. The molecule has 0 aliphatic heterocycles. The van der Waals surface area contributed by atoms with Crippen LogP contribution >= 0.6 is 0 Å². The van der Waals surface area contributed by atoms with Crippen molar-refractivity contribution in [2.75, 3.05) is 17.2 Å². The zero-order chi connectivity index (χ0) is 15.5. The lowest BCUT2D eigenvalue weighted by Crippen LogP contribution is -2.15. The first kappa shape index (κ1) is 14.5. The molecule has 0 saturated heterocycles. The molecular weight excluding hydrogens is 284 g/mol. The summed E-state index contributed by atoms with van der Waals surface area (Å²) < 4.78 is 5.29. The van der Waals surface area contributed by atoms with Gasteiger partial charge in [-0.2, -0.15) is 4.98 Å². The van der Waals surface area contributed by atoms with Gasteiger partial charge in [-0.05, 0) is 38.0 Å². The third-order valence-electron chi connectivity index (χ3n) is 3.44. The Bertz CT molecular complexity index is 666. The average molecular weight is 302 g/mol. The Hall–Kier alpha value is -2.41. The van der Waals surface area contributed by atoms with Crippen LogP contribution in [0.4, 0.5) is 11.4 Å². The fourth-order valence-electron chi connectivity index (χ4n) is 2.13. The zero-order valence-corrected chi connectivity index (χ0v) is 12.2. The van der Waals surface area contributed by atoms with E-state index in [1.807, 2.05) is 19.1 Å². The van der Waals surface area contributed by atoms with E-state index in [2.05, 4.69) is 20.8 Å². The largest absolute Gasteiger partial charge is 0.387 e. The Morgan fingerprint density at radius 2 is 2.23 bits per heavy atom. The molecule has 116 valence electrons. The Balaban J connectivity index is 1.66. The minimum absolute atomic E-state index is 0.135. The molecule has 22 heavy (non-hydrogen) atoms. The van der Waals surface area contributed by atoms with Crippen LogP contribution in [0.5, 0.6) is 0 Å². The van der Waals surface area contributed by atoms with Crippen LogP contribution in [0.2, 0.25) is 0 Å². The van der Waals surface area contributed by atoms with E-state index in [1.54, 1.807) is 12.1 Å². The number of aliphatic hydroxyl groups excluding tert-OH is 1. The van der Waals surface area contributed by atoms with Crippen molar-refractivity contribution in [1.29, 1.82) is 0 Å². The van der Waals surface area contributed by atoms with Crippen molar-refractivity contribution in [2.24, 2.45) is 0 Å². The molecule has 1 aliphatic carbocycles. The van der Waals surface area contributed by atoms with E-state index in [4.69, 9.17) is 9.63 Å². The summed E-state index contributed by atoms with van der Waals surface area (Å²) in [4.78, 5) is 15.6. The molecule has 7 nitrogen and oxygen atoms in total. The van der Waals surface area contributed by atoms with Crippen LogP contribution in [-0.2, 0) is 4.79 Å². The molecule has 1 aromatic heterocycles. The number of hydrogen-bond acceptors (Lipinski definition) is 6. The van der Waals surface area contributed by atoms with Gasteiger partial charge in [-0.1, -0.05) is 11.2 Å². The molecule has 1 atom stereocenters. The fraction of sp³-hybridized carbons (Fsp3) is 0.400. The number of aliphatic hydroxyl groups is 1. The average Bonchev–Trinajstić information content (AvgIpc) is 3.24. The van der Waals surface area contributed by atoms with Crippen LogP contribution < -0.4 is 10.6 Å². The molecule has 3 N–H and O–H groups in total. The number of nitrogens with one attached hydrogen (secondary N) is 2. The van der Waals surface area contributed by atoms with Gasteiger partial charge in [-0.3, -0.25) is 4.79 Å². The minimum atomic E-state index is -0.542. The molecular formula is C15H18N4O3. The normalized spacial score (nSPS) is 15.4. The SMILES string of the molecule is CC(Nc1cccc(NC(=O)CO)c1)c1nc(C2CC2)no1. The van der Waals surface area contributed by atoms with Crippen molar-refractivity contribution in [2.45, 2.75) is 31.7 Å². The number of hydrogen-bond donors (Lipinski definition) is 3. The van der Waals surface area contributed by atoms with Gasteiger partial charge in [0.05, 0.1) is 0 Å². The third kappa shape index (κ3) is 3.43. The summed E-state index contributed by atoms with van der Waals surface area (Å²) in [6.07, 6.45) is 2.26. The maximum atomic E-state index is 11.2. The fourth-order valence-corrected chi connectivity index (χ4v) is 2.13. The van der Waals surface area contributed by atoms with E-state index in [0.29, 0.717) is 17.5 Å². The highest BCUT2D eigenvalue weighted by Gasteiger charge is 2.29. The summed E-state index contributed by atoms with van der Waals surface area (Å²) in [6.45, 7) is 1.39. The molecule has 1 amide bonds. The zero-order valence-electron chi connectivity index (χ0n) is 12.2. The third-order valence-corrected chi connectivity index (χ3v) is 3.44. The van der Waals surface area contributed by atoms with Gasteiger partial charge in [0.1, 0.15) is 12.6 Å². The lowest BCUT2D eigenvalue weighted by atomic mass is 10.2. The lowest BCUT2D eigenvalue weighted by molar-refractivity contribution is -0.118. The standard InChI is InChI=1S/C15H18N4O3/c1-9(15-18-14(19-22-15)10-5-6-10)16-11-3-2-4-12(7-11)17-13(21)8-20/h2-4,7,9-10,16,20H,5-6,8H2,1H3,(H,17,21). The number of benzene rings is 1. The van der Waals surface area contributed by atoms with Crippen molar-refractivity contribution >= 4 is 17.3 Å². The van der Waals surface area contributed by atoms with E-state index >= 15 is 0 Å². The second-order valence-electron chi connectivity index (χ2n) is 5.42. The highest BCUT2D eigenvalue weighted by Crippen LogP contribution is 2.38. The van der Waals surface area contributed by atoms with Gasteiger partial charge in [0.25, 0.3) is 0 Å². The number of amides is 1. The summed E-state index contributed by atoms with van der Waals surface area (Å²) in [5, 5.41) is 18.6. The molecule has 2 aromatic rings. The van der Waals surface area contributed by atoms with E-state index in [1.165, 1.54) is 0 Å². The van der Waals surface area contributed by atoms with Crippen molar-refractivity contribution in [1.82, 2.24) is 10.1 Å². The van der Waals surface area contributed by atoms with Crippen LogP contribution in [0.3, 0.4) is 0 Å². The van der Waals surface area contributed by atoms with Crippen molar-refractivity contribution < 1.29 is 14.4 Å². The monoisotopic (exact) mass is 302 g/mol. The molecule has 1 unspecified atom stereocenters. The topological polar surface area (TPSA) is 100 Å². The van der Waals surface area contributed by atoms with Crippen LogP contribution in [0, 0.1) is 0 Å². The maximum Gasteiger partial charge on any atom is 0.250 e. The molecule has 0 radical (unpaired) electrons. The highest BCUT2D eigenvalue weighted by atomic mass is 16.5. The first-order chi connectivity index (χ1) is 10.7. The number of aromatic nitrogens is 2. The molecule has 0 bridgehead atoms. The molecule has 1 saturated carbocycles. The van der Waals surface area contributed by atoms with E-state index in [-0.39, 0.29) is 6.04 Å². The predicted molar refractivity (Wildman–Crippen MR) is 80.5 cm³/mol. The van der Waals surface area contributed by atoms with Crippen molar-refractivity contribution in [3.05, 3.63) is 36.0 Å². The molecule has 3 rings (SSSR count). The highest BCUT2D eigenvalue weighted by molar-refractivity contribution is 5.91. The number of carbonyl (C=O) groups is 1. The summed E-state index contributed by atoms with van der Waals surface area (Å²) in [6, 6.07) is 7.09. The van der Waals surface area contributed by atoms with E-state index in [9.17, 15) is 4.79 Å². The van der Waals surface area contributed by atoms with E-state index in [0.717, 1.165) is 24.4 Å². The summed E-state index contributed by atoms with van der Waals surface area (Å²) in [7, 11) is 0. The number of nitrogens with zero attached hydrogens (tertiary/aromatic N) is 2. The van der Waals surface area contributed by atoms with Gasteiger partial charge in [-0.15, -0.1) is 0 Å². The molecule has 1 heterocycles. The molecule has 1 fully saturated rings. The van der Waals surface area contributed by atoms with Crippen molar-refractivity contribution in [3.63, 3.8) is 0 Å². The van der Waals surface area contributed by atoms with Crippen LogP contribution in [-0.4, -0.2) is 27.8 Å². The second-order valence-corrected chi connectivity index (χ2v) is 5.42. The molecule has 1 aliphatic rings. The number of rotatable bonds is 6. The summed E-state index contributed by atoms with van der Waals surface area (Å²) >= 11 is 0. The predicted octanol–water partition coefficient (Wildman–Crippen LogP) is 2.05. The Morgan fingerprint density at radius 1 is 1.45 bits per heavy atom. The van der Waals surface area contributed by atoms with E-state index < -0.39 is 12.5 Å². The Kier molecular flexibility index (Phi) is 4.06. The summed E-state index contributed by atoms with van der Waals surface area (Å²) in [5.41, 5.74) is 1.43.